The van der Waals surface area contributed by atoms with E-state index in [1.54, 1.807) is 72.8 Å². The van der Waals surface area contributed by atoms with E-state index < -0.39 is 18.5 Å². The number of carbonyl (C=O) groups excluding carboxylic acids is 3. The van der Waals surface area contributed by atoms with Crippen LogP contribution in [0.15, 0.2) is 78.9 Å². The number of carbonyl (C=O) groups is 3. The van der Waals surface area contributed by atoms with E-state index in [9.17, 15) is 14.4 Å². The average Bonchev–Trinajstić information content (AvgIpc) is 2.80. The molecule has 3 aromatic carbocycles. The molecule has 3 aromatic rings. The molecule has 0 bridgehead atoms. The summed E-state index contributed by atoms with van der Waals surface area (Å²) in [6.45, 7) is -0.412. The van der Waals surface area contributed by atoms with Crippen LogP contribution < -0.4 is 15.4 Å². The van der Waals surface area contributed by atoms with Gasteiger partial charge in [0.25, 0.3) is 5.91 Å². The van der Waals surface area contributed by atoms with E-state index in [0.717, 1.165) is 0 Å². The maximum absolute atomic E-state index is 12.1. The molecule has 0 aliphatic carbocycles. The van der Waals surface area contributed by atoms with Crippen LogP contribution in [0.5, 0.6) is 11.5 Å². The summed E-state index contributed by atoms with van der Waals surface area (Å²) >= 11 is 5.85. The number of benzene rings is 3. The van der Waals surface area contributed by atoms with Crippen LogP contribution in [0.3, 0.4) is 0 Å². The predicted molar refractivity (Wildman–Crippen MR) is 122 cm³/mol. The van der Waals surface area contributed by atoms with Gasteiger partial charge in [-0.05, 0) is 60.7 Å². The Morgan fingerprint density at radius 1 is 0.688 bits per heavy atom. The van der Waals surface area contributed by atoms with Gasteiger partial charge in [0.2, 0.25) is 5.91 Å². The lowest BCUT2D eigenvalue weighted by Crippen LogP contribution is -2.21. The molecule has 0 radical (unpaired) electrons. The third-order valence-corrected chi connectivity index (χ3v) is 4.42. The molecule has 32 heavy (non-hydrogen) atoms. The van der Waals surface area contributed by atoms with Crippen molar-refractivity contribution in [2.45, 2.75) is 12.8 Å². The number of para-hydroxylation sites is 1. The summed E-state index contributed by atoms with van der Waals surface area (Å²) in [6.07, 6.45) is -0.204. The largest absolute Gasteiger partial charge is 0.457 e. The molecule has 0 unspecified atom stereocenters. The van der Waals surface area contributed by atoms with Crippen molar-refractivity contribution in [3.05, 3.63) is 83.9 Å². The standard InChI is InChI=1S/C24H21ClN2O5/c25-17-6-10-20(11-7-17)32-21-12-8-19(9-13-21)26-22(28)14-15-24(30)31-16-23(29)27-18-4-2-1-3-5-18/h1-13H,14-16H2,(H,26,28)(H,27,29). The Morgan fingerprint density at radius 2 is 1.25 bits per heavy atom. The first-order chi connectivity index (χ1) is 15.5. The van der Waals surface area contributed by atoms with Gasteiger partial charge in [0, 0.05) is 22.8 Å². The van der Waals surface area contributed by atoms with Gasteiger partial charge < -0.3 is 20.1 Å². The number of hydrogen-bond donors (Lipinski definition) is 2. The Balaban J connectivity index is 1.36. The van der Waals surface area contributed by atoms with E-state index in [1.807, 2.05) is 6.07 Å². The third kappa shape index (κ3) is 7.77. The monoisotopic (exact) mass is 452 g/mol. The van der Waals surface area contributed by atoms with Crippen molar-refractivity contribution in [1.29, 1.82) is 0 Å². The van der Waals surface area contributed by atoms with Crippen molar-refractivity contribution >= 4 is 40.8 Å². The molecule has 2 amide bonds. The van der Waals surface area contributed by atoms with Gasteiger partial charge >= 0.3 is 5.97 Å². The molecule has 0 atom stereocenters. The molecular formula is C24H21ClN2O5. The summed E-state index contributed by atoms with van der Waals surface area (Å²) in [7, 11) is 0. The molecule has 0 aliphatic heterocycles. The topological polar surface area (TPSA) is 93.7 Å². The Kier molecular flexibility index (Phi) is 8.22. The van der Waals surface area contributed by atoms with Crippen LogP contribution in [0.1, 0.15) is 12.8 Å². The molecule has 0 aliphatic rings. The minimum Gasteiger partial charge on any atom is -0.457 e. The zero-order valence-electron chi connectivity index (χ0n) is 17.0. The van der Waals surface area contributed by atoms with Gasteiger partial charge in [0.1, 0.15) is 11.5 Å². The number of ether oxygens (including phenoxy) is 2. The van der Waals surface area contributed by atoms with Crippen molar-refractivity contribution in [3.8, 4) is 11.5 Å². The molecule has 0 fully saturated rings. The molecule has 0 saturated heterocycles. The van der Waals surface area contributed by atoms with Crippen molar-refractivity contribution in [1.82, 2.24) is 0 Å². The molecule has 8 heteroatoms. The van der Waals surface area contributed by atoms with Crippen LogP contribution in [0.25, 0.3) is 0 Å². The lowest BCUT2D eigenvalue weighted by molar-refractivity contribution is -0.147. The van der Waals surface area contributed by atoms with Crippen LogP contribution in [0.2, 0.25) is 5.02 Å². The molecule has 0 aromatic heterocycles. The Bertz CT molecular complexity index is 1050. The first-order valence-electron chi connectivity index (χ1n) is 9.82. The molecular weight excluding hydrogens is 432 g/mol. The molecule has 0 saturated carbocycles. The van der Waals surface area contributed by atoms with Gasteiger partial charge in [-0.1, -0.05) is 29.8 Å². The van der Waals surface area contributed by atoms with Gasteiger partial charge in [-0.25, -0.2) is 0 Å². The first kappa shape index (κ1) is 22.8. The van der Waals surface area contributed by atoms with Gasteiger partial charge in [-0.15, -0.1) is 0 Å². The number of esters is 1. The van der Waals surface area contributed by atoms with E-state index in [1.165, 1.54) is 0 Å². The minimum absolute atomic E-state index is 0.0673. The highest BCUT2D eigenvalue weighted by molar-refractivity contribution is 6.30. The highest BCUT2D eigenvalue weighted by Crippen LogP contribution is 2.24. The molecule has 0 heterocycles. The zero-order valence-corrected chi connectivity index (χ0v) is 17.8. The smallest absolute Gasteiger partial charge is 0.306 e. The highest BCUT2D eigenvalue weighted by Gasteiger charge is 2.11. The van der Waals surface area contributed by atoms with Gasteiger partial charge in [0.05, 0.1) is 6.42 Å². The van der Waals surface area contributed by atoms with E-state index in [2.05, 4.69) is 10.6 Å². The lowest BCUT2D eigenvalue weighted by Gasteiger charge is -2.09. The quantitative estimate of drug-likeness (QED) is 0.444. The van der Waals surface area contributed by atoms with Crippen molar-refractivity contribution in [2.24, 2.45) is 0 Å². The van der Waals surface area contributed by atoms with E-state index in [0.29, 0.717) is 27.9 Å². The number of anilines is 2. The summed E-state index contributed by atoms with van der Waals surface area (Å²) in [5.74, 6) is -0.183. The normalized spacial score (nSPS) is 10.2. The lowest BCUT2D eigenvalue weighted by atomic mass is 10.2. The van der Waals surface area contributed by atoms with Crippen molar-refractivity contribution < 1.29 is 23.9 Å². The SMILES string of the molecule is O=C(CCC(=O)OCC(=O)Nc1ccccc1)Nc1ccc(Oc2ccc(Cl)cc2)cc1. The summed E-state index contributed by atoms with van der Waals surface area (Å²) in [5, 5.41) is 5.92. The van der Waals surface area contributed by atoms with Crippen LogP contribution in [0, 0.1) is 0 Å². The number of hydrogen-bond acceptors (Lipinski definition) is 5. The Labute approximate surface area is 190 Å². The van der Waals surface area contributed by atoms with E-state index in [-0.39, 0.29) is 18.7 Å². The number of halogens is 1. The molecule has 2 N–H and O–H groups in total. The second-order valence-electron chi connectivity index (χ2n) is 6.70. The maximum atomic E-state index is 12.1. The number of nitrogens with one attached hydrogen (secondary N) is 2. The molecule has 0 spiro atoms. The van der Waals surface area contributed by atoms with Crippen LogP contribution in [-0.4, -0.2) is 24.4 Å². The minimum atomic E-state index is -0.630. The fraction of sp³-hybridized carbons (Fsp3) is 0.125. The zero-order chi connectivity index (χ0) is 22.8. The summed E-state index contributed by atoms with van der Waals surface area (Å²) in [6, 6.07) is 22.6. The molecule has 3 rings (SSSR count). The molecule has 164 valence electrons. The summed E-state index contributed by atoms with van der Waals surface area (Å²) < 4.78 is 10.6. The third-order valence-electron chi connectivity index (χ3n) is 4.17. The second kappa shape index (κ2) is 11.5. The molecule has 7 nitrogen and oxygen atoms in total. The van der Waals surface area contributed by atoms with Gasteiger partial charge in [0.15, 0.2) is 6.61 Å². The van der Waals surface area contributed by atoms with E-state index >= 15 is 0 Å². The van der Waals surface area contributed by atoms with Crippen LogP contribution >= 0.6 is 11.6 Å². The highest BCUT2D eigenvalue weighted by atomic mass is 35.5. The Morgan fingerprint density at radius 3 is 1.91 bits per heavy atom. The Hall–Kier alpha value is -3.84. The average molecular weight is 453 g/mol. The van der Waals surface area contributed by atoms with Crippen LogP contribution in [-0.2, 0) is 19.1 Å². The fourth-order valence-electron chi connectivity index (χ4n) is 2.62. The van der Waals surface area contributed by atoms with Crippen molar-refractivity contribution in [3.63, 3.8) is 0 Å². The first-order valence-corrected chi connectivity index (χ1v) is 10.2. The van der Waals surface area contributed by atoms with E-state index in [4.69, 9.17) is 21.1 Å². The number of amides is 2. The fourth-order valence-corrected chi connectivity index (χ4v) is 2.75. The van der Waals surface area contributed by atoms with Gasteiger partial charge in [-0.2, -0.15) is 0 Å². The van der Waals surface area contributed by atoms with Crippen LogP contribution in [0.4, 0.5) is 11.4 Å². The summed E-state index contributed by atoms with van der Waals surface area (Å²) in [5.41, 5.74) is 1.17. The van der Waals surface area contributed by atoms with Crippen molar-refractivity contribution in [2.75, 3.05) is 17.2 Å². The predicted octanol–water partition coefficient (Wildman–Crippen LogP) is 5.03. The second-order valence-corrected chi connectivity index (χ2v) is 7.14. The summed E-state index contributed by atoms with van der Waals surface area (Å²) in [4.78, 5) is 35.6. The van der Waals surface area contributed by atoms with Gasteiger partial charge in [-0.3, -0.25) is 14.4 Å². The number of rotatable bonds is 9. The maximum Gasteiger partial charge on any atom is 0.306 e.